The number of piperidine rings is 2. The molecule has 1 aliphatic carbocycles. The van der Waals surface area contributed by atoms with Crippen molar-refractivity contribution in [3.8, 4) is 5.75 Å². The summed E-state index contributed by atoms with van der Waals surface area (Å²) < 4.78 is 50.2. The highest BCUT2D eigenvalue weighted by Crippen LogP contribution is 2.41. The molecule has 3 aliphatic rings. The van der Waals surface area contributed by atoms with Gasteiger partial charge in [-0.3, -0.25) is 33.5 Å². The summed E-state index contributed by atoms with van der Waals surface area (Å²) in [4.78, 5) is 61.0. The van der Waals surface area contributed by atoms with E-state index in [1.807, 2.05) is 23.0 Å². The van der Waals surface area contributed by atoms with Crippen LogP contribution in [-0.4, -0.2) is 78.2 Å². The monoisotopic (exact) mass is 773 g/mol. The Labute approximate surface area is 319 Å². The van der Waals surface area contributed by atoms with E-state index in [-0.39, 0.29) is 47.9 Å². The molecule has 3 amide bonds. The van der Waals surface area contributed by atoms with Gasteiger partial charge in [0.15, 0.2) is 0 Å². The van der Waals surface area contributed by atoms with Gasteiger partial charge in [-0.1, -0.05) is 6.07 Å². The first-order chi connectivity index (χ1) is 26.9. The Hall–Kier alpha value is -5.58. The van der Waals surface area contributed by atoms with Crippen LogP contribution in [-0.2, 0) is 22.8 Å². The molecule has 0 unspecified atom stereocenters. The van der Waals surface area contributed by atoms with Gasteiger partial charge in [0, 0.05) is 37.2 Å². The lowest BCUT2D eigenvalue weighted by Gasteiger charge is -2.37. The number of amides is 3. The van der Waals surface area contributed by atoms with Gasteiger partial charge in [0.25, 0.3) is 5.91 Å². The Kier molecular flexibility index (Phi) is 9.88. The van der Waals surface area contributed by atoms with Gasteiger partial charge in [0.05, 0.1) is 30.4 Å². The number of nitrogens with zero attached hydrogens (tertiary/aromatic N) is 7. The van der Waals surface area contributed by atoms with Crippen molar-refractivity contribution in [2.75, 3.05) is 32.1 Å². The number of benzene rings is 1. The molecule has 2 saturated heterocycles. The van der Waals surface area contributed by atoms with Crippen LogP contribution in [0.2, 0.25) is 0 Å². The number of imide groups is 1. The number of fused-ring (bicyclic) bond motifs is 2. The molecule has 3 fully saturated rings. The SMILES string of the molecule is COc1ccc2c(c1C1CCN(C[C@H]3CC[C@H](n4cc5cc(NC(=O)c6cccc(C(F)(F)F)n6)ncc5n4)CC3)CC1)n(C)c(=O)n2[C@H]1CCC(=O)NC1=O. The zero-order valence-electron chi connectivity index (χ0n) is 31.0. The highest BCUT2D eigenvalue weighted by Gasteiger charge is 2.35. The van der Waals surface area contributed by atoms with E-state index in [1.165, 1.54) is 10.6 Å². The summed E-state index contributed by atoms with van der Waals surface area (Å²) in [5, 5.41) is 10.4. The third-order valence-electron chi connectivity index (χ3n) is 11.6. The van der Waals surface area contributed by atoms with Gasteiger partial charge >= 0.3 is 11.9 Å². The summed E-state index contributed by atoms with van der Waals surface area (Å²) in [6, 6.07) is 8.00. The first-order valence-corrected chi connectivity index (χ1v) is 18.9. The molecule has 2 N–H and O–H groups in total. The van der Waals surface area contributed by atoms with Crippen LogP contribution >= 0.6 is 0 Å². The van der Waals surface area contributed by atoms with E-state index in [0.29, 0.717) is 17.0 Å². The van der Waals surface area contributed by atoms with Gasteiger partial charge in [0.2, 0.25) is 11.8 Å². The Balaban J connectivity index is 0.878. The van der Waals surface area contributed by atoms with Gasteiger partial charge in [-0.15, -0.1) is 0 Å². The first-order valence-electron chi connectivity index (χ1n) is 18.9. The van der Waals surface area contributed by atoms with Crippen molar-refractivity contribution < 1.29 is 32.3 Å². The van der Waals surface area contributed by atoms with Crippen LogP contribution in [0, 0.1) is 5.92 Å². The first kappa shape index (κ1) is 37.3. The van der Waals surface area contributed by atoms with Crippen LogP contribution in [0.5, 0.6) is 5.75 Å². The van der Waals surface area contributed by atoms with Crippen molar-refractivity contribution >= 4 is 45.5 Å². The van der Waals surface area contributed by atoms with Crippen molar-refractivity contribution in [1.29, 1.82) is 0 Å². The fourth-order valence-electron chi connectivity index (χ4n) is 8.75. The second-order valence-corrected chi connectivity index (χ2v) is 15.1. The standard InChI is InChI=1S/C39H42F3N9O5/c1-48-35-28(51(38(48)55)29-11-13-33(52)46-37(29)54)10-12-30(56-2)34(35)23-14-16-49(17-15-23)20-22-6-8-25(9-7-22)50-21-24-18-32(43-19-27(24)47-50)45-36(53)26-4-3-5-31(44-26)39(40,41)42/h3-5,10,12,18-19,21-23,25,29H,6-9,11,13-17,20H2,1-2H3,(H,45,53)(H,46,52,54)/t22-,25-,29-/m0/s1. The lowest BCUT2D eigenvalue weighted by Crippen LogP contribution is -2.44. The number of imidazole rings is 1. The lowest BCUT2D eigenvalue weighted by atomic mass is 9.84. The third kappa shape index (κ3) is 7.15. The summed E-state index contributed by atoms with van der Waals surface area (Å²) >= 11 is 0. The maximum absolute atomic E-state index is 13.6. The average Bonchev–Trinajstić information content (AvgIpc) is 3.72. The molecule has 1 atom stereocenters. The minimum atomic E-state index is -4.66. The predicted molar refractivity (Wildman–Crippen MR) is 199 cm³/mol. The van der Waals surface area contributed by atoms with Crippen LogP contribution in [0.3, 0.4) is 0 Å². The number of aromatic nitrogens is 6. The van der Waals surface area contributed by atoms with E-state index in [9.17, 15) is 32.3 Å². The number of methoxy groups -OCH3 is 1. The highest BCUT2D eigenvalue weighted by molar-refractivity contribution is 6.03. The number of pyridine rings is 2. The summed E-state index contributed by atoms with van der Waals surface area (Å²) in [6.45, 7) is 2.82. The molecule has 14 nitrogen and oxygen atoms in total. The van der Waals surface area contributed by atoms with Crippen LogP contribution in [0.25, 0.3) is 21.9 Å². The van der Waals surface area contributed by atoms with Crippen molar-refractivity contribution in [1.82, 2.24) is 39.1 Å². The van der Waals surface area contributed by atoms with Crippen LogP contribution in [0.4, 0.5) is 19.0 Å². The number of carbonyl (C=O) groups is 3. The minimum absolute atomic E-state index is 0.165. The summed E-state index contributed by atoms with van der Waals surface area (Å²) in [6.07, 6.45) is 5.09. The number of ether oxygens (including phenoxy) is 1. The molecule has 17 heteroatoms. The summed E-state index contributed by atoms with van der Waals surface area (Å²) in [7, 11) is 3.36. The number of hydrogen-bond acceptors (Lipinski definition) is 9. The van der Waals surface area contributed by atoms with Crippen molar-refractivity contribution in [3.63, 3.8) is 0 Å². The number of carbonyl (C=O) groups excluding carboxylic acids is 3. The van der Waals surface area contributed by atoms with Gasteiger partial charge in [-0.05, 0) is 100 Å². The van der Waals surface area contributed by atoms with Crippen LogP contribution in [0.15, 0.2) is 53.6 Å². The van der Waals surface area contributed by atoms with Crippen LogP contribution < -0.4 is 21.1 Å². The maximum atomic E-state index is 13.6. The molecule has 0 bridgehead atoms. The average molecular weight is 774 g/mol. The lowest BCUT2D eigenvalue weighted by molar-refractivity contribution is -0.141. The summed E-state index contributed by atoms with van der Waals surface area (Å²) in [5.74, 6) is 0.0546. The second-order valence-electron chi connectivity index (χ2n) is 15.1. The Bertz CT molecular complexity index is 2390. The van der Waals surface area contributed by atoms with E-state index in [2.05, 4.69) is 25.5 Å². The molecular formula is C39H42F3N9O5. The Morgan fingerprint density at radius 2 is 1.79 bits per heavy atom. The van der Waals surface area contributed by atoms with Gasteiger partial charge < -0.3 is 15.0 Å². The molecule has 0 radical (unpaired) electrons. The number of aryl methyl sites for hydroxylation is 1. The van der Waals surface area contributed by atoms with E-state index >= 15 is 0 Å². The van der Waals surface area contributed by atoms with E-state index in [4.69, 9.17) is 9.84 Å². The smallest absolute Gasteiger partial charge is 0.433 e. The Morgan fingerprint density at radius 3 is 2.50 bits per heavy atom. The molecule has 8 rings (SSSR count). The molecule has 294 valence electrons. The summed E-state index contributed by atoms with van der Waals surface area (Å²) in [5.41, 5.74) is 1.29. The van der Waals surface area contributed by atoms with Crippen molar-refractivity contribution in [2.45, 2.75) is 75.5 Å². The number of nitrogens with one attached hydrogen (secondary N) is 2. The number of anilines is 1. The van der Waals surface area contributed by atoms with Gasteiger partial charge in [-0.2, -0.15) is 18.3 Å². The maximum Gasteiger partial charge on any atom is 0.433 e. The zero-order chi connectivity index (χ0) is 39.3. The van der Waals surface area contributed by atoms with E-state index in [1.54, 1.807) is 31.0 Å². The fraction of sp³-hybridized carbons (Fsp3) is 0.462. The van der Waals surface area contributed by atoms with Gasteiger partial charge in [0.1, 0.15) is 34.5 Å². The molecule has 2 aliphatic heterocycles. The number of hydrogen-bond donors (Lipinski definition) is 2. The number of alkyl halides is 3. The largest absolute Gasteiger partial charge is 0.496 e. The molecule has 1 aromatic carbocycles. The molecule has 5 aromatic rings. The normalized spacial score (nSPS) is 21.4. The van der Waals surface area contributed by atoms with Crippen molar-refractivity contribution in [3.05, 3.63) is 76.2 Å². The molecular weight excluding hydrogens is 731 g/mol. The minimum Gasteiger partial charge on any atom is -0.496 e. The topological polar surface area (TPSA) is 158 Å². The predicted octanol–water partition coefficient (Wildman–Crippen LogP) is 5.35. The Morgan fingerprint density at radius 1 is 1.02 bits per heavy atom. The molecule has 1 saturated carbocycles. The quantitative estimate of drug-likeness (QED) is 0.199. The second kappa shape index (κ2) is 14.8. The fourth-order valence-corrected chi connectivity index (χ4v) is 8.75. The third-order valence-corrected chi connectivity index (χ3v) is 11.6. The van der Waals surface area contributed by atoms with Crippen LogP contribution in [0.1, 0.15) is 91.1 Å². The molecule has 6 heterocycles. The van der Waals surface area contributed by atoms with E-state index < -0.39 is 29.7 Å². The molecule has 0 spiro atoms. The van der Waals surface area contributed by atoms with Crippen molar-refractivity contribution in [2.24, 2.45) is 13.0 Å². The highest BCUT2D eigenvalue weighted by atomic mass is 19.4. The number of likely N-dealkylation sites (tertiary alicyclic amines) is 1. The zero-order valence-corrected chi connectivity index (χ0v) is 31.0. The molecule has 56 heavy (non-hydrogen) atoms. The van der Waals surface area contributed by atoms with Gasteiger partial charge in [-0.25, -0.2) is 14.8 Å². The number of rotatable bonds is 8. The van der Waals surface area contributed by atoms with E-state index in [0.717, 1.165) is 92.5 Å². The number of halogens is 3. The molecule has 4 aromatic heterocycles.